The van der Waals surface area contributed by atoms with Crippen molar-refractivity contribution in [1.82, 2.24) is 5.32 Å². The molecule has 0 aliphatic rings. The summed E-state index contributed by atoms with van der Waals surface area (Å²) in [4.78, 5) is 22.1. The van der Waals surface area contributed by atoms with Gasteiger partial charge in [0.1, 0.15) is 5.75 Å². The van der Waals surface area contributed by atoms with Crippen LogP contribution in [0, 0.1) is 5.41 Å². The summed E-state index contributed by atoms with van der Waals surface area (Å²) >= 11 is 0. The monoisotopic (exact) mass is 307 g/mol. The first-order valence-electron chi connectivity index (χ1n) is 7.46. The highest BCUT2D eigenvalue weighted by Gasteiger charge is 2.15. The molecule has 2 N–H and O–H groups in total. The minimum absolute atomic E-state index is 0.0161. The lowest BCUT2D eigenvalue weighted by atomic mass is 9.92. The number of benzene rings is 1. The minimum atomic E-state index is -0.815. The van der Waals surface area contributed by atoms with E-state index in [1.807, 2.05) is 45.0 Å². The molecule has 0 fully saturated rings. The van der Waals surface area contributed by atoms with E-state index in [4.69, 9.17) is 9.84 Å². The lowest BCUT2D eigenvalue weighted by molar-refractivity contribution is -0.137. The van der Waals surface area contributed by atoms with Gasteiger partial charge >= 0.3 is 5.97 Å². The summed E-state index contributed by atoms with van der Waals surface area (Å²) in [5.41, 5.74) is 0.984. The van der Waals surface area contributed by atoms with Gasteiger partial charge in [-0.15, -0.1) is 0 Å². The molecule has 0 bridgehead atoms. The second kappa shape index (κ2) is 8.41. The van der Waals surface area contributed by atoms with Crippen LogP contribution in [0.2, 0.25) is 0 Å². The Morgan fingerprint density at radius 2 is 1.82 bits per heavy atom. The molecule has 0 saturated carbocycles. The van der Waals surface area contributed by atoms with E-state index in [0.717, 1.165) is 5.56 Å². The summed E-state index contributed by atoms with van der Waals surface area (Å²) in [6.07, 6.45) is 1.09. The highest BCUT2D eigenvalue weighted by Crippen LogP contribution is 2.18. The highest BCUT2D eigenvalue weighted by atomic mass is 16.5. The first-order chi connectivity index (χ1) is 10.3. The Kier molecular flexibility index (Phi) is 6.89. The van der Waals surface area contributed by atoms with Gasteiger partial charge in [0.15, 0.2) is 0 Å². The van der Waals surface area contributed by atoms with E-state index in [-0.39, 0.29) is 17.7 Å². The predicted molar refractivity (Wildman–Crippen MR) is 84.7 cm³/mol. The average Bonchev–Trinajstić information content (AvgIpc) is 2.40. The molecule has 0 unspecified atom stereocenters. The fraction of sp³-hybridized carbons (Fsp3) is 0.529. The number of aliphatic carboxylic acids is 1. The van der Waals surface area contributed by atoms with Crippen LogP contribution in [0.15, 0.2) is 24.3 Å². The first kappa shape index (κ1) is 18.0. The summed E-state index contributed by atoms with van der Waals surface area (Å²) in [5.74, 6) is -0.0680. The van der Waals surface area contributed by atoms with Gasteiger partial charge in [0.05, 0.1) is 6.61 Å². The third kappa shape index (κ3) is 8.29. The van der Waals surface area contributed by atoms with E-state index in [1.54, 1.807) is 0 Å². The van der Waals surface area contributed by atoms with E-state index in [0.29, 0.717) is 31.7 Å². The molecule has 1 rings (SSSR count). The Bertz CT molecular complexity index is 488. The Morgan fingerprint density at radius 3 is 2.36 bits per heavy atom. The Labute approximate surface area is 131 Å². The third-order valence-corrected chi connectivity index (χ3v) is 2.91. The van der Waals surface area contributed by atoms with E-state index in [2.05, 4.69) is 5.32 Å². The van der Waals surface area contributed by atoms with E-state index >= 15 is 0 Å². The van der Waals surface area contributed by atoms with Crippen molar-refractivity contribution in [1.29, 1.82) is 0 Å². The van der Waals surface area contributed by atoms with Gasteiger partial charge in [0.25, 0.3) is 0 Å². The molecule has 1 aromatic carbocycles. The zero-order valence-corrected chi connectivity index (χ0v) is 13.5. The van der Waals surface area contributed by atoms with Crippen molar-refractivity contribution < 1.29 is 19.4 Å². The van der Waals surface area contributed by atoms with Crippen molar-refractivity contribution in [3.63, 3.8) is 0 Å². The fourth-order valence-electron chi connectivity index (χ4n) is 1.86. The molecule has 0 atom stereocenters. The Morgan fingerprint density at radius 1 is 1.18 bits per heavy atom. The van der Waals surface area contributed by atoms with E-state index in [9.17, 15) is 9.59 Å². The molecule has 0 radical (unpaired) electrons. The minimum Gasteiger partial charge on any atom is -0.494 e. The van der Waals surface area contributed by atoms with Crippen molar-refractivity contribution >= 4 is 11.9 Å². The summed E-state index contributed by atoms with van der Waals surface area (Å²) in [6.45, 7) is 6.97. The molecule has 1 aromatic rings. The maximum absolute atomic E-state index is 11.7. The van der Waals surface area contributed by atoms with Crippen LogP contribution in [0.4, 0.5) is 0 Å². The van der Waals surface area contributed by atoms with Crippen LogP contribution in [0.1, 0.15) is 45.6 Å². The number of carboxylic acids is 1. The summed E-state index contributed by atoms with van der Waals surface area (Å²) < 4.78 is 5.45. The molecule has 0 aliphatic heterocycles. The average molecular weight is 307 g/mol. The lowest BCUT2D eigenvalue weighted by Gasteiger charge is -2.17. The second-order valence-electron chi connectivity index (χ2n) is 6.50. The Hall–Kier alpha value is -2.04. The van der Waals surface area contributed by atoms with Crippen molar-refractivity contribution in [2.75, 3.05) is 6.61 Å². The van der Waals surface area contributed by atoms with Gasteiger partial charge in [-0.3, -0.25) is 9.59 Å². The molecule has 0 heterocycles. The fourth-order valence-corrected chi connectivity index (χ4v) is 1.86. The van der Waals surface area contributed by atoms with Crippen LogP contribution in [0.3, 0.4) is 0 Å². The number of carbonyl (C=O) groups is 2. The van der Waals surface area contributed by atoms with Crippen molar-refractivity contribution in [2.45, 2.75) is 46.6 Å². The number of carboxylic acid groups (broad SMARTS) is 1. The number of hydrogen-bond donors (Lipinski definition) is 2. The van der Waals surface area contributed by atoms with Gasteiger partial charge in [-0.2, -0.15) is 0 Å². The molecule has 22 heavy (non-hydrogen) atoms. The van der Waals surface area contributed by atoms with Gasteiger partial charge in [0.2, 0.25) is 5.91 Å². The van der Waals surface area contributed by atoms with Crippen LogP contribution in [0.25, 0.3) is 0 Å². The summed E-state index contributed by atoms with van der Waals surface area (Å²) in [5, 5.41) is 11.4. The van der Waals surface area contributed by atoms with Crippen LogP contribution in [-0.2, 0) is 16.1 Å². The van der Waals surface area contributed by atoms with Crippen LogP contribution < -0.4 is 10.1 Å². The van der Waals surface area contributed by atoms with Gasteiger partial charge in [-0.05, 0) is 29.5 Å². The number of hydrogen-bond acceptors (Lipinski definition) is 3. The number of amides is 1. The van der Waals surface area contributed by atoms with Gasteiger partial charge in [0, 0.05) is 19.4 Å². The molecule has 122 valence electrons. The molecular weight excluding hydrogens is 282 g/mol. The van der Waals surface area contributed by atoms with E-state index < -0.39 is 5.97 Å². The molecule has 5 nitrogen and oxygen atoms in total. The topological polar surface area (TPSA) is 75.6 Å². The smallest absolute Gasteiger partial charge is 0.303 e. The summed E-state index contributed by atoms with van der Waals surface area (Å²) in [7, 11) is 0. The molecular formula is C17H25NO4. The largest absolute Gasteiger partial charge is 0.494 e. The molecule has 0 spiro atoms. The van der Waals surface area contributed by atoms with Crippen molar-refractivity contribution in [3.8, 4) is 5.75 Å². The zero-order chi connectivity index (χ0) is 16.6. The normalized spacial score (nSPS) is 11.0. The highest BCUT2D eigenvalue weighted by molar-refractivity contribution is 5.76. The number of carbonyl (C=O) groups excluding carboxylic acids is 1. The predicted octanol–water partition coefficient (Wildman–Crippen LogP) is 2.98. The second-order valence-corrected chi connectivity index (χ2v) is 6.50. The molecule has 0 aromatic heterocycles. The van der Waals surface area contributed by atoms with E-state index in [1.165, 1.54) is 0 Å². The number of ether oxygens (including phenoxy) is 1. The summed E-state index contributed by atoms with van der Waals surface area (Å²) in [6, 6.07) is 7.44. The van der Waals surface area contributed by atoms with Crippen LogP contribution in [0.5, 0.6) is 5.75 Å². The molecule has 1 amide bonds. The van der Waals surface area contributed by atoms with Crippen LogP contribution in [-0.4, -0.2) is 23.6 Å². The SMILES string of the molecule is CC(C)(C)CC(=O)NCc1ccc(OCCCC(=O)O)cc1. The van der Waals surface area contributed by atoms with Crippen molar-refractivity contribution in [3.05, 3.63) is 29.8 Å². The standard InChI is InChI=1S/C17H25NO4/c1-17(2,3)11-15(19)18-12-13-6-8-14(9-7-13)22-10-4-5-16(20)21/h6-9H,4-5,10-12H2,1-3H3,(H,18,19)(H,20,21). The molecule has 0 aliphatic carbocycles. The zero-order valence-electron chi connectivity index (χ0n) is 13.5. The number of nitrogens with one attached hydrogen (secondary N) is 1. The third-order valence-electron chi connectivity index (χ3n) is 2.91. The van der Waals surface area contributed by atoms with Crippen LogP contribution >= 0.6 is 0 Å². The van der Waals surface area contributed by atoms with Crippen molar-refractivity contribution in [2.24, 2.45) is 5.41 Å². The van der Waals surface area contributed by atoms with Gasteiger partial charge in [-0.1, -0.05) is 32.9 Å². The maximum Gasteiger partial charge on any atom is 0.303 e. The first-order valence-corrected chi connectivity index (χ1v) is 7.46. The lowest BCUT2D eigenvalue weighted by Crippen LogP contribution is -2.27. The van der Waals surface area contributed by atoms with Gasteiger partial charge in [-0.25, -0.2) is 0 Å². The molecule has 5 heteroatoms. The van der Waals surface area contributed by atoms with Gasteiger partial charge < -0.3 is 15.2 Å². The quantitative estimate of drug-likeness (QED) is 0.724. The molecule has 0 saturated heterocycles. The number of rotatable bonds is 8. The maximum atomic E-state index is 11.7. The Balaban J connectivity index is 2.32.